The standard InChI is InChI=1S/C11H16ClNO2/c1-14-5-2-6-15-8-9-3-4-10(12)11(13)7-9/h3-4,7H,2,5-6,8,13H2,1H3. The van der Waals surface area contributed by atoms with E-state index in [4.69, 9.17) is 26.8 Å². The molecule has 0 saturated heterocycles. The lowest BCUT2D eigenvalue weighted by molar-refractivity contribution is 0.0929. The number of methoxy groups -OCH3 is 1. The fourth-order valence-electron chi connectivity index (χ4n) is 1.18. The van der Waals surface area contributed by atoms with E-state index in [1.165, 1.54) is 0 Å². The van der Waals surface area contributed by atoms with Gasteiger partial charge in [0.15, 0.2) is 0 Å². The number of rotatable bonds is 6. The van der Waals surface area contributed by atoms with Crippen molar-refractivity contribution in [3.63, 3.8) is 0 Å². The third-order valence-corrected chi connectivity index (χ3v) is 2.31. The molecule has 0 saturated carbocycles. The highest BCUT2D eigenvalue weighted by atomic mass is 35.5. The van der Waals surface area contributed by atoms with Crippen LogP contribution in [-0.4, -0.2) is 20.3 Å². The summed E-state index contributed by atoms with van der Waals surface area (Å²) < 4.78 is 10.3. The van der Waals surface area contributed by atoms with Crippen LogP contribution in [0.4, 0.5) is 5.69 Å². The fraction of sp³-hybridized carbons (Fsp3) is 0.455. The summed E-state index contributed by atoms with van der Waals surface area (Å²) >= 11 is 5.80. The van der Waals surface area contributed by atoms with Crippen LogP contribution in [0, 0.1) is 0 Å². The molecule has 1 rings (SSSR count). The Morgan fingerprint density at radius 2 is 2.13 bits per heavy atom. The second kappa shape index (κ2) is 6.67. The van der Waals surface area contributed by atoms with Gasteiger partial charge in [0.25, 0.3) is 0 Å². The summed E-state index contributed by atoms with van der Waals surface area (Å²) in [5, 5.41) is 0.582. The first-order valence-electron chi connectivity index (χ1n) is 4.84. The van der Waals surface area contributed by atoms with E-state index in [1.807, 2.05) is 12.1 Å². The minimum atomic E-state index is 0.561. The van der Waals surface area contributed by atoms with Crippen LogP contribution in [0.25, 0.3) is 0 Å². The van der Waals surface area contributed by atoms with E-state index in [-0.39, 0.29) is 0 Å². The topological polar surface area (TPSA) is 44.5 Å². The zero-order valence-corrected chi connectivity index (χ0v) is 9.59. The van der Waals surface area contributed by atoms with Gasteiger partial charge >= 0.3 is 0 Å². The van der Waals surface area contributed by atoms with E-state index in [0.29, 0.717) is 23.9 Å². The molecule has 0 aliphatic heterocycles. The lowest BCUT2D eigenvalue weighted by atomic mass is 10.2. The maximum absolute atomic E-state index is 5.80. The van der Waals surface area contributed by atoms with Gasteiger partial charge in [-0.15, -0.1) is 0 Å². The average molecular weight is 230 g/mol. The van der Waals surface area contributed by atoms with Crippen LogP contribution in [0.3, 0.4) is 0 Å². The van der Waals surface area contributed by atoms with Gasteiger partial charge in [0, 0.05) is 20.3 Å². The second-order valence-electron chi connectivity index (χ2n) is 3.25. The molecule has 4 heteroatoms. The van der Waals surface area contributed by atoms with E-state index in [0.717, 1.165) is 18.6 Å². The Labute approximate surface area is 95.1 Å². The summed E-state index contributed by atoms with van der Waals surface area (Å²) in [6.45, 7) is 1.98. The van der Waals surface area contributed by atoms with Crippen molar-refractivity contribution in [2.75, 3.05) is 26.1 Å². The van der Waals surface area contributed by atoms with Gasteiger partial charge in [-0.05, 0) is 24.1 Å². The number of ether oxygens (including phenoxy) is 2. The number of nitrogens with two attached hydrogens (primary N) is 1. The molecule has 0 amide bonds. The molecular formula is C11H16ClNO2. The van der Waals surface area contributed by atoms with Crippen molar-refractivity contribution < 1.29 is 9.47 Å². The lowest BCUT2D eigenvalue weighted by Gasteiger charge is -2.05. The van der Waals surface area contributed by atoms with Gasteiger partial charge in [-0.25, -0.2) is 0 Å². The largest absolute Gasteiger partial charge is 0.398 e. The summed E-state index contributed by atoms with van der Waals surface area (Å²) in [6, 6.07) is 5.53. The molecule has 1 aromatic carbocycles. The molecule has 0 atom stereocenters. The fourth-order valence-corrected chi connectivity index (χ4v) is 1.30. The van der Waals surface area contributed by atoms with E-state index in [1.54, 1.807) is 13.2 Å². The van der Waals surface area contributed by atoms with E-state index < -0.39 is 0 Å². The number of anilines is 1. The smallest absolute Gasteiger partial charge is 0.0717 e. The number of nitrogen functional groups attached to an aromatic ring is 1. The Kier molecular flexibility index (Phi) is 5.47. The molecule has 0 unspecified atom stereocenters. The van der Waals surface area contributed by atoms with Gasteiger partial charge in [0.2, 0.25) is 0 Å². The van der Waals surface area contributed by atoms with Crippen LogP contribution >= 0.6 is 11.6 Å². The highest BCUT2D eigenvalue weighted by Crippen LogP contribution is 2.19. The van der Waals surface area contributed by atoms with Gasteiger partial charge < -0.3 is 15.2 Å². The van der Waals surface area contributed by atoms with Crippen molar-refractivity contribution in [1.29, 1.82) is 0 Å². The molecule has 84 valence electrons. The maximum atomic E-state index is 5.80. The maximum Gasteiger partial charge on any atom is 0.0717 e. The average Bonchev–Trinajstić information content (AvgIpc) is 2.23. The minimum Gasteiger partial charge on any atom is -0.398 e. The predicted molar refractivity (Wildman–Crippen MR) is 62.0 cm³/mol. The van der Waals surface area contributed by atoms with Crippen molar-refractivity contribution in [3.05, 3.63) is 28.8 Å². The minimum absolute atomic E-state index is 0.561. The molecule has 0 bridgehead atoms. The Morgan fingerprint density at radius 3 is 2.80 bits per heavy atom. The van der Waals surface area contributed by atoms with Crippen molar-refractivity contribution in [3.8, 4) is 0 Å². The SMILES string of the molecule is COCCCOCc1ccc(Cl)c(N)c1. The number of hydrogen-bond donors (Lipinski definition) is 1. The molecule has 0 heterocycles. The van der Waals surface area contributed by atoms with Crippen LogP contribution in [-0.2, 0) is 16.1 Å². The van der Waals surface area contributed by atoms with Crippen molar-refractivity contribution in [2.45, 2.75) is 13.0 Å². The van der Waals surface area contributed by atoms with E-state index >= 15 is 0 Å². The van der Waals surface area contributed by atoms with Crippen LogP contribution < -0.4 is 5.73 Å². The monoisotopic (exact) mass is 229 g/mol. The Bertz CT molecular complexity index is 305. The first-order chi connectivity index (χ1) is 7.24. The second-order valence-corrected chi connectivity index (χ2v) is 3.66. The van der Waals surface area contributed by atoms with Gasteiger partial charge in [0.1, 0.15) is 0 Å². The first kappa shape index (κ1) is 12.3. The predicted octanol–water partition coefficient (Wildman–Crippen LogP) is 2.48. The molecule has 1 aromatic rings. The highest BCUT2D eigenvalue weighted by Gasteiger charge is 1.98. The number of hydrogen-bond acceptors (Lipinski definition) is 3. The molecular weight excluding hydrogens is 214 g/mol. The quantitative estimate of drug-likeness (QED) is 0.602. The molecule has 0 aromatic heterocycles. The van der Waals surface area contributed by atoms with Crippen LogP contribution in [0.15, 0.2) is 18.2 Å². The van der Waals surface area contributed by atoms with Crippen molar-refractivity contribution in [2.24, 2.45) is 0 Å². The molecule has 2 N–H and O–H groups in total. The molecule has 0 spiro atoms. The normalized spacial score (nSPS) is 10.5. The molecule has 15 heavy (non-hydrogen) atoms. The van der Waals surface area contributed by atoms with Crippen molar-refractivity contribution in [1.82, 2.24) is 0 Å². The molecule has 0 aliphatic carbocycles. The first-order valence-corrected chi connectivity index (χ1v) is 5.22. The van der Waals surface area contributed by atoms with Gasteiger partial charge in [0.05, 0.1) is 17.3 Å². The molecule has 0 aliphatic rings. The van der Waals surface area contributed by atoms with Crippen LogP contribution in [0.5, 0.6) is 0 Å². The summed E-state index contributed by atoms with van der Waals surface area (Å²) in [6.07, 6.45) is 0.902. The Balaban J connectivity index is 2.28. The zero-order chi connectivity index (χ0) is 11.1. The van der Waals surface area contributed by atoms with E-state index in [2.05, 4.69) is 0 Å². The highest BCUT2D eigenvalue weighted by molar-refractivity contribution is 6.33. The molecule has 0 fully saturated rings. The van der Waals surface area contributed by atoms with Crippen LogP contribution in [0.1, 0.15) is 12.0 Å². The Hall–Kier alpha value is -0.770. The van der Waals surface area contributed by atoms with Gasteiger partial charge in [-0.2, -0.15) is 0 Å². The summed E-state index contributed by atoms with van der Waals surface area (Å²) in [4.78, 5) is 0. The Morgan fingerprint density at radius 1 is 1.33 bits per heavy atom. The van der Waals surface area contributed by atoms with E-state index in [9.17, 15) is 0 Å². The molecule has 3 nitrogen and oxygen atoms in total. The van der Waals surface area contributed by atoms with Gasteiger partial charge in [-0.3, -0.25) is 0 Å². The third-order valence-electron chi connectivity index (χ3n) is 1.97. The number of halogens is 1. The summed E-state index contributed by atoms with van der Waals surface area (Å²) in [5.41, 5.74) is 7.29. The molecule has 0 radical (unpaired) electrons. The van der Waals surface area contributed by atoms with Gasteiger partial charge in [-0.1, -0.05) is 17.7 Å². The third kappa shape index (κ3) is 4.51. The number of benzene rings is 1. The van der Waals surface area contributed by atoms with Crippen molar-refractivity contribution >= 4 is 17.3 Å². The summed E-state index contributed by atoms with van der Waals surface area (Å²) in [5.74, 6) is 0. The summed E-state index contributed by atoms with van der Waals surface area (Å²) in [7, 11) is 1.68. The van der Waals surface area contributed by atoms with Crippen LogP contribution in [0.2, 0.25) is 5.02 Å². The zero-order valence-electron chi connectivity index (χ0n) is 8.83. The lowest BCUT2D eigenvalue weighted by Crippen LogP contribution is -1.99.